The first-order valence-electron chi connectivity index (χ1n) is 6.39. The summed E-state index contributed by atoms with van der Waals surface area (Å²) >= 11 is 1.71. The van der Waals surface area contributed by atoms with E-state index in [0.717, 1.165) is 18.6 Å². The van der Waals surface area contributed by atoms with Gasteiger partial charge in [0.1, 0.15) is 5.60 Å². The number of hydrogen-bond donors (Lipinski definition) is 2. The summed E-state index contributed by atoms with van der Waals surface area (Å²) in [7, 11) is 0. The van der Waals surface area contributed by atoms with Crippen molar-refractivity contribution in [2.75, 3.05) is 12.3 Å². The van der Waals surface area contributed by atoms with Crippen molar-refractivity contribution in [1.82, 2.24) is 5.32 Å². The van der Waals surface area contributed by atoms with Gasteiger partial charge in [0, 0.05) is 17.2 Å². The summed E-state index contributed by atoms with van der Waals surface area (Å²) in [5.74, 6) is 0.625. The highest BCUT2D eigenvalue weighted by atomic mass is 32.2. The third kappa shape index (κ3) is 3.50. The lowest BCUT2D eigenvalue weighted by Gasteiger charge is -2.20. The minimum Gasteiger partial charge on any atom is -0.380 e. The van der Waals surface area contributed by atoms with Gasteiger partial charge in [0.2, 0.25) is 0 Å². The molecule has 1 aliphatic rings. The Labute approximate surface area is 112 Å². The van der Waals surface area contributed by atoms with E-state index in [-0.39, 0.29) is 5.91 Å². The number of benzene rings is 1. The van der Waals surface area contributed by atoms with Gasteiger partial charge in [0.25, 0.3) is 5.91 Å². The maximum absolute atomic E-state index is 11.8. The zero-order valence-electron chi connectivity index (χ0n) is 10.4. The van der Waals surface area contributed by atoms with Gasteiger partial charge in [-0.05, 0) is 37.8 Å². The topological polar surface area (TPSA) is 49.3 Å². The van der Waals surface area contributed by atoms with Crippen LogP contribution in [0.3, 0.4) is 0 Å². The fraction of sp³-hybridized carbons (Fsp3) is 0.500. The quantitative estimate of drug-likeness (QED) is 0.634. The average Bonchev–Trinajstić information content (AvgIpc) is 2.84. The van der Waals surface area contributed by atoms with E-state index in [0.29, 0.717) is 19.4 Å². The molecule has 1 fully saturated rings. The Morgan fingerprint density at radius 1 is 1.28 bits per heavy atom. The number of aliphatic hydroxyl groups is 1. The first-order chi connectivity index (χ1) is 8.71. The van der Waals surface area contributed by atoms with Crippen molar-refractivity contribution < 1.29 is 9.90 Å². The van der Waals surface area contributed by atoms with Gasteiger partial charge in [-0.3, -0.25) is 4.79 Å². The van der Waals surface area contributed by atoms with Gasteiger partial charge < -0.3 is 10.4 Å². The molecule has 0 atom stereocenters. The maximum atomic E-state index is 11.8. The van der Waals surface area contributed by atoms with E-state index >= 15 is 0 Å². The largest absolute Gasteiger partial charge is 0.380 e. The van der Waals surface area contributed by atoms with Gasteiger partial charge >= 0.3 is 0 Å². The highest BCUT2D eigenvalue weighted by Crippen LogP contribution is 2.29. The summed E-state index contributed by atoms with van der Waals surface area (Å²) in [6.07, 6.45) is 3.10. The van der Waals surface area contributed by atoms with Crippen LogP contribution in [0.15, 0.2) is 35.2 Å². The molecule has 2 N–H and O–H groups in total. The zero-order chi connectivity index (χ0) is 12.8. The number of hydrogen-bond acceptors (Lipinski definition) is 3. The molecule has 0 unspecified atom stereocenters. The molecule has 98 valence electrons. The van der Waals surface area contributed by atoms with Crippen molar-refractivity contribution in [1.29, 1.82) is 0 Å². The Balaban J connectivity index is 1.68. The number of rotatable bonds is 5. The van der Waals surface area contributed by atoms with Gasteiger partial charge in [-0.2, -0.15) is 0 Å². The van der Waals surface area contributed by atoms with Crippen molar-refractivity contribution in [2.24, 2.45) is 0 Å². The molecule has 3 nitrogen and oxygen atoms in total. The lowest BCUT2D eigenvalue weighted by atomic mass is 10.0. The van der Waals surface area contributed by atoms with Gasteiger partial charge in [0.05, 0.1) is 0 Å². The molecule has 0 radical (unpaired) electrons. The van der Waals surface area contributed by atoms with Crippen molar-refractivity contribution in [3.8, 4) is 0 Å². The predicted molar refractivity (Wildman–Crippen MR) is 73.6 cm³/mol. The summed E-state index contributed by atoms with van der Waals surface area (Å²) < 4.78 is 0. The monoisotopic (exact) mass is 265 g/mol. The molecule has 2 rings (SSSR count). The van der Waals surface area contributed by atoms with Crippen LogP contribution in [0.2, 0.25) is 0 Å². The van der Waals surface area contributed by atoms with E-state index in [1.54, 1.807) is 11.8 Å². The van der Waals surface area contributed by atoms with Gasteiger partial charge in [-0.25, -0.2) is 0 Å². The Hall–Kier alpha value is -1.00. The molecule has 0 heterocycles. The van der Waals surface area contributed by atoms with Gasteiger partial charge in [0.15, 0.2) is 0 Å². The molecule has 0 saturated heterocycles. The van der Waals surface area contributed by atoms with Crippen LogP contribution in [0.1, 0.15) is 25.7 Å². The maximum Gasteiger partial charge on any atom is 0.251 e. The Morgan fingerprint density at radius 3 is 2.61 bits per heavy atom. The van der Waals surface area contributed by atoms with Crippen molar-refractivity contribution in [3.63, 3.8) is 0 Å². The average molecular weight is 265 g/mol. The van der Waals surface area contributed by atoms with Crippen LogP contribution >= 0.6 is 11.8 Å². The molecular formula is C14H19NO2S. The van der Waals surface area contributed by atoms with Crippen molar-refractivity contribution in [3.05, 3.63) is 30.3 Å². The summed E-state index contributed by atoms with van der Waals surface area (Å²) in [6, 6.07) is 10.1. The molecule has 1 aliphatic carbocycles. The van der Waals surface area contributed by atoms with E-state index in [1.165, 1.54) is 4.90 Å². The van der Waals surface area contributed by atoms with E-state index in [1.807, 2.05) is 18.2 Å². The second-order valence-corrected chi connectivity index (χ2v) is 5.82. The van der Waals surface area contributed by atoms with Gasteiger partial charge in [-0.15, -0.1) is 11.8 Å². The lowest BCUT2D eigenvalue weighted by Crippen LogP contribution is -2.45. The van der Waals surface area contributed by atoms with Crippen LogP contribution < -0.4 is 5.32 Å². The molecule has 0 bridgehead atoms. The van der Waals surface area contributed by atoms with Crippen LogP contribution in [0, 0.1) is 0 Å². The third-order valence-corrected chi connectivity index (χ3v) is 4.27. The molecule has 18 heavy (non-hydrogen) atoms. The van der Waals surface area contributed by atoms with Crippen LogP contribution in [-0.2, 0) is 4.79 Å². The first-order valence-corrected chi connectivity index (χ1v) is 7.38. The fourth-order valence-corrected chi connectivity index (χ4v) is 2.99. The number of carbonyl (C=O) groups excluding carboxylic acids is 1. The smallest absolute Gasteiger partial charge is 0.251 e. The molecular weight excluding hydrogens is 246 g/mol. The predicted octanol–water partition coefficient (Wildman–Crippen LogP) is 2.20. The van der Waals surface area contributed by atoms with E-state index in [2.05, 4.69) is 17.4 Å². The molecule has 1 aromatic carbocycles. The number of amides is 1. The SMILES string of the molecule is O=C(NCCSc1ccccc1)C1(O)CCCC1. The highest BCUT2D eigenvalue weighted by Gasteiger charge is 2.38. The molecule has 0 aromatic heterocycles. The summed E-state index contributed by atoms with van der Waals surface area (Å²) in [4.78, 5) is 13.0. The van der Waals surface area contributed by atoms with Gasteiger partial charge in [-0.1, -0.05) is 18.2 Å². The summed E-state index contributed by atoms with van der Waals surface area (Å²) in [5, 5.41) is 12.9. The van der Waals surface area contributed by atoms with E-state index in [9.17, 15) is 9.90 Å². The minimum absolute atomic E-state index is 0.200. The second kappa shape index (κ2) is 6.25. The standard InChI is InChI=1S/C14H19NO2S/c16-13(14(17)8-4-5-9-14)15-10-11-18-12-6-2-1-3-7-12/h1-3,6-7,17H,4-5,8-11H2,(H,15,16). The number of carbonyl (C=O) groups is 1. The van der Waals surface area contributed by atoms with Crippen LogP contribution in [0.4, 0.5) is 0 Å². The number of thioether (sulfide) groups is 1. The Kier molecular flexibility index (Phi) is 4.66. The third-order valence-electron chi connectivity index (χ3n) is 3.25. The van der Waals surface area contributed by atoms with Crippen LogP contribution in [-0.4, -0.2) is 28.9 Å². The Morgan fingerprint density at radius 2 is 1.94 bits per heavy atom. The molecule has 0 spiro atoms. The normalized spacial score (nSPS) is 17.6. The molecule has 1 amide bonds. The number of nitrogens with one attached hydrogen (secondary N) is 1. The minimum atomic E-state index is -1.10. The van der Waals surface area contributed by atoms with Crippen molar-refractivity contribution in [2.45, 2.75) is 36.2 Å². The molecule has 1 saturated carbocycles. The van der Waals surface area contributed by atoms with E-state index < -0.39 is 5.60 Å². The second-order valence-electron chi connectivity index (χ2n) is 4.66. The fourth-order valence-electron chi connectivity index (χ4n) is 2.20. The first kappa shape index (κ1) is 13.4. The molecule has 0 aliphatic heterocycles. The van der Waals surface area contributed by atoms with Crippen molar-refractivity contribution >= 4 is 17.7 Å². The lowest BCUT2D eigenvalue weighted by molar-refractivity contribution is -0.138. The van der Waals surface area contributed by atoms with Crippen LogP contribution in [0.25, 0.3) is 0 Å². The van der Waals surface area contributed by atoms with Crippen LogP contribution in [0.5, 0.6) is 0 Å². The zero-order valence-corrected chi connectivity index (χ0v) is 11.2. The highest BCUT2D eigenvalue weighted by molar-refractivity contribution is 7.99. The summed E-state index contributed by atoms with van der Waals surface area (Å²) in [5.41, 5.74) is -1.10. The summed E-state index contributed by atoms with van der Waals surface area (Å²) in [6.45, 7) is 0.598. The molecule has 1 aromatic rings. The van der Waals surface area contributed by atoms with E-state index in [4.69, 9.17) is 0 Å². The Bertz CT molecular complexity index is 388. The molecule has 4 heteroatoms.